The van der Waals surface area contributed by atoms with Gasteiger partial charge in [-0.05, 0) is 24.6 Å². The fourth-order valence-electron chi connectivity index (χ4n) is 2.53. The number of aryl methyl sites for hydroxylation is 1. The summed E-state index contributed by atoms with van der Waals surface area (Å²) in [5.41, 5.74) is 1.63. The molecule has 0 aliphatic heterocycles. The summed E-state index contributed by atoms with van der Waals surface area (Å²) < 4.78 is 10.8. The van der Waals surface area contributed by atoms with Gasteiger partial charge in [0.15, 0.2) is 11.7 Å². The van der Waals surface area contributed by atoms with E-state index in [1.807, 2.05) is 30.3 Å². The third-order valence-electron chi connectivity index (χ3n) is 3.84. The molecule has 1 amide bonds. The highest BCUT2D eigenvalue weighted by molar-refractivity contribution is 6.32. The second-order valence-electron chi connectivity index (χ2n) is 5.74. The third kappa shape index (κ3) is 4.64. The number of methoxy groups -OCH3 is 1. The van der Waals surface area contributed by atoms with Gasteiger partial charge in [-0.2, -0.15) is 0 Å². The Morgan fingerprint density at radius 1 is 1.23 bits per heavy atom. The molecule has 1 N–H and O–H groups in total. The Labute approximate surface area is 157 Å². The molecule has 0 aliphatic rings. The van der Waals surface area contributed by atoms with E-state index in [0.29, 0.717) is 41.6 Å². The number of aromatic nitrogens is 1. The second-order valence-corrected chi connectivity index (χ2v) is 6.14. The van der Waals surface area contributed by atoms with Gasteiger partial charge in [0.05, 0.1) is 18.3 Å². The number of hydrogen-bond acceptors (Lipinski definition) is 4. The first-order valence-electron chi connectivity index (χ1n) is 8.29. The van der Waals surface area contributed by atoms with Gasteiger partial charge in [-0.25, -0.2) is 4.98 Å². The number of amides is 1. The molecule has 1 aromatic heterocycles. The largest absolute Gasteiger partial charge is 0.495 e. The molecular weight excluding hydrogens is 352 g/mol. The van der Waals surface area contributed by atoms with Crippen molar-refractivity contribution in [2.45, 2.75) is 19.3 Å². The van der Waals surface area contributed by atoms with Crippen LogP contribution in [0.4, 0.5) is 5.69 Å². The van der Waals surface area contributed by atoms with Crippen molar-refractivity contribution in [2.24, 2.45) is 0 Å². The lowest BCUT2D eigenvalue weighted by Crippen LogP contribution is -2.11. The van der Waals surface area contributed by atoms with Crippen LogP contribution in [-0.4, -0.2) is 18.0 Å². The standard InChI is InChI=1S/C20H19ClN2O3/c1-25-17-11-10-15(12-16(17)21)23-19(24)8-5-9-20-22-13-18(26-20)14-6-3-2-4-7-14/h2-4,6-7,10-13H,5,8-9H2,1H3,(H,23,24). The van der Waals surface area contributed by atoms with Crippen LogP contribution in [0.25, 0.3) is 11.3 Å². The van der Waals surface area contributed by atoms with Gasteiger partial charge < -0.3 is 14.5 Å². The molecule has 0 radical (unpaired) electrons. The number of benzene rings is 2. The van der Waals surface area contributed by atoms with Gasteiger partial charge in [-0.15, -0.1) is 0 Å². The summed E-state index contributed by atoms with van der Waals surface area (Å²) in [5, 5.41) is 3.28. The van der Waals surface area contributed by atoms with E-state index in [9.17, 15) is 4.79 Å². The van der Waals surface area contributed by atoms with Crippen LogP contribution >= 0.6 is 11.6 Å². The number of halogens is 1. The molecule has 5 nitrogen and oxygen atoms in total. The molecule has 0 fully saturated rings. The van der Waals surface area contributed by atoms with E-state index in [1.165, 1.54) is 0 Å². The molecule has 6 heteroatoms. The molecule has 0 saturated carbocycles. The Hall–Kier alpha value is -2.79. The van der Waals surface area contributed by atoms with Gasteiger partial charge in [0, 0.05) is 24.1 Å². The molecule has 0 saturated heterocycles. The highest BCUT2D eigenvalue weighted by Gasteiger charge is 2.09. The van der Waals surface area contributed by atoms with E-state index < -0.39 is 0 Å². The van der Waals surface area contributed by atoms with Crippen molar-refractivity contribution in [3.8, 4) is 17.1 Å². The smallest absolute Gasteiger partial charge is 0.224 e. The molecule has 2 aromatic carbocycles. The minimum atomic E-state index is -0.0823. The number of carbonyl (C=O) groups excluding carboxylic acids is 1. The van der Waals surface area contributed by atoms with Gasteiger partial charge in [0.25, 0.3) is 0 Å². The molecule has 134 valence electrons. The molecule has 0 unspecified atom stereocenters. The van der Waals surface area contributed by atoms with E-state index >= 15 is 0 Å². The Morgan fingerprint density at radius 3 is 2.77 bits per heavy atom. The van der Waals surface area contributed by atoms with Crippen LogP contribution < -0.4 is 10.1 Å². The van der Waals surface area contributed by atoms with Crippen molar-refractivity contribution in [3.05, 3.63) is 65.6 Å². The Kier molecular flexibility index (Phi) is 5.92. The fourth-order valence-corrected chi connectivity index (χ4v) is 2.79. The summed E-state index contributed by atoms with van der Waals surface area (Å²) >= 11 is 6.05. The van der Waals surface area contributed by atoms with Gasteiger partial charge in [-0.1, -0.05) is 41.9 Å². The third-order valence-corrected chi connectivity index (χ3v) is 4.14. The van der Waals surface area contributed by atoms with E-state index in [2.05, 4.69) is 10.3 Å². The summed E-state index contributed by atoms with van der Waals surface area (Å²) in [6, 6.07) is 14.9. The van der Waals surface area contributed by atoms with Crippen LogP contribution in [-0.2, 0) is 11.2 Å². The maximum Gasteiger partial charge on any atom is 0.224 e. The average molecular weight is 371 g/mol. The second kappa shape index (κ2) is 8.54. The maximum atomic E-state index is 12.1. The molecule has 3 aromatic rings. The van der Waals surface area contributed by atoms with Gasteiger partial charge in [-0.3, -0.25) is 4.79 Å². The molecule has 0 bridgehead atoms. The zero-order chi connectivity index (χ0) is 18.4. The Morgan fingerprint density at radius 2 is 2.04 bits per heavy atom. The summed E-state index contributed by atoms with van der Waals surface area (Å²) in [5.74, 6) is 1.85. The minimum absolute atomic E-state index is 0.0823. The van der Waals surface area contributed by atoms with E-state index in [0.717, 1.165) is 11.3 Å². The maximum absolute atomic E-state index is 12.1. The minimum Gasteiger partial charge on any atom is -0.495 e. The van der Waals surface area contributed by atoms with E-state index in [1.54, 1.807) is 31.5 Å². The molecule has 0 atom stereocenters. The SMILES string of the molecule is COc1ccc(NC(=O)CCCc2ncc(-c3ccccc3)o2)cc1Cl. The van der Waals surface area contributed by atoms with Crippen molar-refractivity contribution < 1.29 is 13.9 Å². The van der Waals surface area contributed by atoms with Crippen molar-refractivity contribution >= 4 is 23.2 Å². The molecular formula is C20H19ClN2O3. The van der Waals surface area contributed by atoms with E-state index in [-0.39, 0.29) is 5.91 Å². The summed E-state index contributed by atoms with van der Waals surface area (Å²) in [4.78, 5) is 16.3. The zero-order valence-corrected chi connectivity index (χ0v) is 15.1. The number of rotatable bonds is 7. The molecule has 3 rings (SSSR count). The zero-order valence-electron chi connectivity index (χ0n) is 14.4. The van der Waals surface area contributed by atoms with Crippen LogP contribution in [0, 0.1) is 0 Å². The van der Waals surface area contributed by atoms with Crippen molar-refractivity contribution in [1.82, 2.24) is 4.98 Å². The van der Waals surface area contributed by atoms with Crippen LogP contribution in [0.15, 0.2) is 59.1 Å². The van der Waals surface area contributed by atoms with E-state index in [4.69, 9.17) is 20.8 Å². The number of nitrogens with one attached hydrogen (secondary N) is 1. The average Bonchev–Trinajstić information content (AvgIpc) is 3.11. The van der Waals surface area contributed by atoms with Crippen LogP contribution in [0.3, 0.4) is 0 Å². The van der Waals surface area contributed by atoms with Gasteiger partial charge >= 0.3 is 0 Å². The lowest BCUT2D eigenvalue weighted by molar-refractivity contribution is -0.116. The summed E-state index contributed by atoms with van der Waals surface area (Å²) in [7, 11) is 1.55. The van der Waals surface area contributed by atoms with Crippen molar-refractivity contribution in [2.75, 3.05) is 12.4 Å². The van der Waals surface area contributed by atoms with Crippen LogP contribution in [0.2, 0.25) is 5.02 Å². The van der Waals surface area contributed by atoms with Gasteiger partial charge in [0.1, 0.15) is 5.75 Å². The molecule has 0 aliphatic carbocycles. The molecule has 26 heavy (non-hydrogen) atoms. The predicted octanol–water partition coefficient (Wildman–Crippen LogP) is 4.97. The first-order valence-corrected chi connectivity index (χ1v) is 8.67. The quantitative estimate of drug-likeness (QED) is 0.638. The van der Waals surface area contributed by atoms with Crippen LogP contribution in [0.5, 0.6) is 5.75 Å². The highest BCUT2D eigenvalue weighted by atomic mass is 35.5. The summed E-state index contributed by atoms with van der Waals surface area (Å²) in [6.07, 6.45) is 3.32. The number of carbonyl (C=O) groups is 1. The summed E-state index contributed by atoms with van der Waals surface area (Å²) in [6.45, 7) is 0. The first-order chi connectivity index (χ1) is 12.7. The predicted molar refractivity (Wildman–Crippen MR) is 102 cm³/mol. The number of anilines is 1. The number of ether oxygens (including phenoxy) is 1. The monoisotopic (exact) mass is 370 g/mol. The Bertz CT molecular complexity index is 878. The van der Waals surface area contributed by atoms with Crippen molar-refractivity contribution in [1.29, 1.82) is 0 Å². The first kappa shape index (κ1) is 18.0. The van der Waals surface area contributed by atoms with Crippen molar-refractivity contribution in [3.63, 3.8) is 0 Å². The number of oxazole rings is 1. The molecule has 0 spiro atoms. The highest BCUT2D eigenvalue weighted by Crippen LogP contribution is 2.27. The molecule has 1 heterocycles. The normalized spacial score (nSPS) is 10.5. The topological polar surface area (TPSA) is 64.4 Å². The fraction of sp³-hybridized carbons (Fsp3) is 0.200. The lowest BCUT2D eigenvalue weighted by Gasteiger charge is -2.07. The van der Waals surface area contributed by atoms with Crippen LogP contribution in [0.1, 0.15) is 18.7 Å². The Balaban J connectivity index is 1.48. The number of hydrogen-bond donors (Lipinski definition) is 1. The lowest BCUT2D eigenvalue weighted by atomic mass is 10.2. The number of nitrogens with zero attached hydrogens (tertiary/aromatic N) is 1. The van der Waals surface area contributed by atoms with Gasteiger partial charge in [0.2, 0.25) is 5.91 Å².